The summed E-state index contributed by atoms with van der Waals surface area (Å²) >= 11 is 0. The van der Waals surface area contributed by atoms with E-state index in [0.29, 0.717) is 19.3 Å². The van der Waals surface area contributed by atoms with Crippen LogP contribution in [0.3, 0.4) is 0 Å². The van der Waals surface area contributed by atoms with Crippen LogP contribution in [0.15, 0.2) is 60.8 Å². The molecule has 0 aromatic carbocycles. The number of ether oxygens (including phenoxy) is 3. The van der Waals surface area contributed by atoms with Gasteiger partial charge in [0.1, 0.15) is 13.2 Å². The summed E-state index contributed by atoms with van der Waals surface area (Å²) in [7, 11) is 0. The van der Waals surface area contributed by atoms with Gasteiger partial charge in [0.2, 0.25) is 0 Å². The van der Waals surface area contributed by atoms with Crippen LogP contribution in [-0.4, -0.2) is 37.2 Å². The molecule has 0 rings (SSSR count). The van der Waals surface area contributed by atoms with E-state index in [2.05, 4.69) is 81.5 Å². The lowest BCUT2D eigenvalue weighted by Gasteiger charge is -2.18. The molecule has 0 saturated carbocycles. The highest BCUT2D eigenvalue weighted by molar-refractivity contribution is 5.71. The summed E-state index contributed by atoms with van der Waals surface area (Å²) in [5.41, 5.74) is 0. The molecule has 0 fully saturated rings. The summed E-state index contributed by atoms with van der Waals surface area (Å²) in [5, 5.41) is 0. The van der Waals surface area contributed by atoms with Gasteiger partial charge in [-0.25, -0.2) is 0 Å². The monoisotopic (exact) mass is 867 g/mol. The van der Waals surface area contributed by atoms with Crippen LogP contribution in [0.25, 0.3) is 0 Å². The van der Waals surface area contributed by atoms with Crippen molar-refractivity contribution in [3.63, 3.8) is 0 Å². The zero-order chi connectivity index (χ0) is 45.1. The second-order valence-corrected chi connectivity index (χ2v) is 17.4. The minimum absolute atomic E-state index is 0.0830. The van der Waals surface area contributed by atoms with Gasteiger partial charge >= 0.3 is 17.9 Å². The smallest absolute Gasteiger partial charge is 0.306 e. The Bertz CT molecular complexity index is 1130. The van der Waals surface area contributed by atoms with Gasteiger partial charge in [-0.15, -0.1) is 0 Å². The number of rotatable bonds is 47. The Morgan fingerprint density at radius 3 is 0.968 bits per heavy atom. The third-order valence-electron chi connectivity index (χ3n) is 11.2. The summed E-state index contributed by atoms with van der Waals surface area (Å²) in [6.07, 6.45) is 62.0. The van der Waals surface area contributed by atoms with Gasteiger partial charge in [-0.3, -0.25) is 14.4 Å². The minimum atomic E-state index is -0.784. The van der Waals surface area contributed by atoms with Crippen LogP contribution in [0, 0.1) is 0 Å². The van der Waals surface area contributed by atoms with Crippen molar-refractivity contribution in [3.8, 4) is 0 Å². The molecule has 6 nitrogen and oxygen atoms in total. The van der Waals surface area contributed by atoms with Crippen molar-refractivity contribution in [1.29, 1.82) is 0 Å². The van der Waals surface area contributed by atoms with E-state index in [4.69, 9.17) is 14.2 Å². The normalized spacial score (nSPS) is 12.5. The molecule has 0 aromatic rings. The summed E-state index contributed by atoms with van der Waals surface area (Å²) in [5.74, 6) is -0.908. The molecule has 62 heavy (non-hydrogen) atoms. The Kier molecular flexibility index (Phi) is 48.4. The minimum Gasteiger partial charge on any atom is -0.462 e. The molecule has 0 amide bonds. The van der Waals surface area contributed by atoms with Crippen molar-refractivity contribution in [2.24, 2.45) is 0 Å². The van der Waals surface area contributed by atoms with Crippen molar-refractivity contribution in [1.82, 2.24) is 0 Å². The topological polar surface area (TPSA) is 78.9 Å². The van der Waals surface area contributed by atoms with Crippen molar-refractivity contribution in [2.45, 2.75) is 264 Å². The van der Waals surface area contributed by atoms with E-state index < -0.39 is 6.10 Å². The Balaban J connectivity index is 4.33. The van der Waals surface area contributed by atoms with E-state index in [9.17, 15) is 14.4 Å². The predicted octanol–water partition coefficient (Wildman–Crippen LogP) is 17.3. The molecule has 0 spiro atoms. The van der Waals surface area contributed by atoms with Crippen LogP contribution < -0.4 is 0 Å². The SMILES string of the molecule is CCC/C=C\C/C=C\CCCCCCCC(=O)OC(COC(=O)CCCCCCCC/C=C\C/C=C\C/C=C\CCCCCCC)COC(=O)CCCCCCCCCCCC. The number of unbranched alkanes of at least 4 members (excludes halogenated alkanes) is 26. The Hall–Kier alpha value is -2.89. The first-order valence-electron chi connectivity index (χ1n) is 26.3. The maximum Gasteiger partial charge on any atom is 0.306 e. The molecule has 0 aliphatic heterocycles. The maximum absolute atomic E-state index is 12.8. The highest BCUT2D eigenvalue weighted by Gasteiger charge is 2.19. The van der Waals surface area contributed by atoms with Crippen LogP contribution >= 0.6 is 0 Å². The van der Waals surface area contributed by atoms with Gasteiger partial charge < -0.3 is 14.2 Å². The Morgan fingerprint density at radius 2 is 0.613 bits per heavy atom. The molecule has 1 unspecified atom stereocenters. The van der Waals surface area contributed by atoms with Crippen LogP contribution in [0.4, 0.5) is 0 Å². The first kappa shape index (κ1) is 59.1. The second-order valence-electron chi connectivity index (χ2n) is 17.4. The average molecular weight is 867 g/mol. The fourth-order valence-corrected chi connectivity index (χ4v) is 7.25. The quantitative estimate of drug-likeness (QED) is 0.0262. The molecular weight excluding hydrogens is 769 g/mol. The highest BCUT2D eigenvalue weighted by Crippen LogP contribution is 2.14. The summed E-state index contributed by atoms with van der Waals surface area (Å²) in [4.78, 5) is 37.9. The number of carbonyl (C=O) groups is 3. The summed E-state index contributed by atoms with van der Waals surface area (Å²) in [6, 6.07) is 0. The molecule has 358 valence electrons. The summed E-state index contributed by atoms with van der Waals surface area (Å²) in [6.45, 7) is 6.53. The molecule has 0 N–H and O–H groups in total. The van der Waals surface area contributed by atoms with E-state index in [0.717, 1.165) is 109 Å². The van der Waals surface area contributed by atoms with Gasteiger partial charge in [-0.1, -0.05) is 216 Å². The fourth-order valence-electron chi connectivity index (χ4n) is 7.25. The van der Waals surface area contributed by atoms with Crippen molar-refractivity contribution >= 4 is 17.9 Å². The third kappa shape index (κ3) is 48.1. The fraction of sp³-hybridized carbons (Fsp3) is 0.768. The van der Waals surface area contributed by atoms with E-state index >= 15 is 0 Å². The largest absolute Gasteiger partial charge is 0.462 e. The standard InChI is InChI=1S/C56H98O6/c1-4-7-10-13-16-19-22-24-25-26-27-28-29-30-31-33-34-37-40-43-46-49-55(58)61-52-53(51-60-54(57)48-45-42-39-36-21-18-15-12-9-6-3)62-56(59)50-47-44-41-38-35-32-23-20-17-14-11-8-5-2/h11,14,20,22-24,26-27,29-30,53H,4-10,12-13,15-19,21,25,28,31-52H2,1-3H3/b14-11-,23-20-,24-22-,27-26-,30-29-. The van der Waals surface area contributed by atoms with Gasteiger partial charge in [-0.05, 0) is 83.5 Å². The molecule has 0 aromatic heterocycles. The van der Waals surface area contributed by atoms with Crippen molar-refractivity contribution in [2.75, 3.05) is 13.2 Å². The zero-order valence-corrected chi connectivity index (χ0v) is 40.9. The molecule has 0 radical (unpaired) electrons. The van der Waals surface area contributed by atoms with Gasteiger partial charge in [0.15, 0.2) is 6.10 Å². The van der Waals surface area contributed by atoms with E-state index in [-0.39, 0.29) is 31.1 Å². The first-order valence-corrected chi connectivity index (χ1v) is 26.3. The van der Waals surface area contributed by atoms with Crippen LogP contribution in [-0.2, 0) is 28.6 Å². The number of esters is 3. The average Bonchev–Trinajstić information content (AvgIpc) is 3.27. The van der Waals surface area contributed by atoms with Gasteiger partial charge in [-0.2, -0.15) is 0 Å². The predicted molar refractivity (Wildman–Crippen MR) is 265 cm³/mol. The molecule has 0 heterocycles. The molecule has 0 saturated heterocycles. The second kappa shape index (κ2) is 50.8. The molecule has 0 aliphatic rings. The molecule has 0 aliphatic carbocycles. The first-order chi connectivity index (χ1) is 30.5. The lowest BCUT2D eigenvalue weighted by molar-refractivity contribution is -0.167. The maximum atomic E-state index is 12.8. The lowest BCUT2D eigenvalue weighted by Crippen LogP contribution is -2.30. The van der Waals surface area contributed by atoms with Crippen molar-refractivity contribution in [3.05, 3.63) is 60.8 Å². The highest BCUT2D eigenvalue weighted by atomic mass is 16.6. The zero-order valence-electron chi connectivity index (χ0n) is 40.9. The van der Waals surface area contributed by atoms with Crippen LogP contribution in [0.1, 0.15) is 258 Å². The Labute approximate surface area is 383 Å². The number of hydrogen-bond donors (Lipinski definition) is 0. The molecule has 0 bridgehead atoms. The molecular formula is C56H98O6. The van der Waals surface area contributed by atoms with E-state index in [1.54, 1.807) is 0 Å². The van der Waals surface area contributed by atoms with Crippen LogP contribution in [0.2, 0.25) is 0 Å². The van der Waals surface area contributed by atoms with Gasteiger partial charge in [0, 0.05) is 19.3 Å². The third-order valence-corrected chi connectivity index (χ3v) is 11.2. The number of allylic oxidation sites excluding steroid dienone is 10. The summed E-state index contributed by atoms with van der Waals surface area (Å²) < 4.78 is 16.8. The number of hydrogen-bond acceptors (Lipinski definition) is 6. The van der Waals surface area contributed by atoms with E-state index in [1.807, 2.05) is 0 Å². The van der Waals surface area contributed by atoms with Gasteiger partial charge in [0.25, 0.3) is 0 Å². The van der Waals surface area contributed by atoms with Crippen molar-refractivity contribution < 1.29 is 28.6 Å². The molecule has 6 heteroatoms. The lowest BCUT2D eigenvalue weighted by atomic mass is 10.1. The molecule has 1 atom stereocenters. The van der Waals surface area contributed by atoms with Crippen LogP contribution in [0.5, 0.6) is 0 Å². The Morgan fingerprint density at radius 1 is 0.323 bits per heavy atom. The number of carbonyl (C=O) groups excluding carboxylic acids is 3. The van der Waals surface area contributed by atoms with E-state index in [1.165, 1.54) is 109 Å². The van der Waals surface area contributed by atoms with Gasteiger partial charge in [0.05, 0.1) is 0 Å².